The number of aryl methyl sites for hydroxylation is 2. The standard InChI is InChI=1S/C13H21N3O2/c1-5-16(6-2)13(18)14-8-11-9(3)7-10(4)15-12(11)17/h7H,5-6,8H2,1-4H3,(H,14,18)(H,15,17). The predicted octanol–water partition coefficient (Wildman–Crippen LogP) is 1.54. The number of hydrogen-bond donors (Lipinski definition) is 2. The second-order valence-corrected chi connectivity index (χ2v) is 4.27. The van der Waals surface area contributed by atoms with Crippen molar-refractivity contribution in [2.24, 2.45) is 0 Å². The molecule has 0 saturated carbocycles. The summed E-state index contributed by atoms with van der Waals surface area (Å²) >= 11 is 0. The molecule has 0 spiro atoms. The third-order valence-corrected chi connectivity index (χ3v) is 2.96. The Bertz CT molecular complexity index is 476. The van der Waals surface area contributed by atoms with Crippen molar-refractivity contribution in [1.29, 1.82) is 0 Å². The number of hydrogen-bond acceptors (Lipinski definition) is 2. The van der Waals surface area contributed by atoms with Gasteiger partial charge in [-0.3, -0.25) is 4.79 Å². The molecule has 0 aliphatic carbocycles. The fraction of sp³-hybridized carbons (Fsp3) is 0.538. The second kappa shape index (κ2) is 6.23. The number of nitrogens with zero attached hydrogens (tertiary/aromatic N) is 1. The minimum Gasteiger partial charge on any atom is -0.334 e. The maximum Gasteiger partial charge on any atom is 0.317 e. The summed E-state index contributed by atoms with van der Waals surface area (Å²) in [6.45, 7) is 9.14. The van der Waals surface area contributed by atoms with Crippen LogP contribution in [0, 0.1) is 13.8 Å². The maximum absolute atomic E-state index is 11.8. The van der Waals surface area contributed by atoms with Gasteiger partial charge in [0.05, 0.1) is 6.54 Å². The summed E-state index contributed by atoms with van der Waals surface area (Å²) in [5.41, 5.74) is 2.21. The van der Waals surface area contributed by atoms with E-state index in [1.807, 2.05) is 33.8 Å². The molecule has 1 heterocycles. The lowest BCUT2D eigenvalue weighted by Gasteiger charge is -2.19. The molecule has 0 fully saturated rings. The van der Waals surface area contributed by atoms with Crippen LogP contribution in [0.3, 0.4) is 0 Å². The highest BCUT2D eigenvalue weighted by Gasteiger charge is 2.11. The van der Waals surface area contributed by atoms with Crippen LogP contribution in [-0.2, 0) is 6.54 Å². The largest absolute Gasteiger partial charge is 0.334 e. The molecule has 0 atom stereocenters. The third kappa shape index (κ3) is 3.35. The summed E-state index contributed by atoms with van der Waals surface area (Å²) < 4.78 is 0. The Morgan fingerprint density at radius 1 is 1.33 bits per heavy atom. The lowest BCUT2D eigenvalue weighted by atomic mass is 10.1. The molecule has 0 bridgehead atoms. The molecule has 1 aromatic rings. The Morgan fingerprint density at radius 3 is 2.44 bits per heavy atom. The van der Waals surface area contributed by atoms with Crippen LogP contribution < -0.4 is 10.9 Å². The van der Waals surface area contributed by atoms with E-state index < -0.39 is 0 Å². The number of nitrogens with one attached hydrogen (secondary N) is 2. The van der Waals surface area contributed by atoms with Gasteiger partial charge in [-0.1, -0.05) is 0 Å². The summed E-state index contributed by atoms with van der Waals surface area (Å²) in [6.07, 6.45) is 0. The van der Waals surface area contributed by atoms with Crippen LogP contribution in [0.15, 0.2) is 10.9 Å². The second-order valence-electron chi connectivity index (χ2n) is 4.27. The van der Waals surface area contributed by atoms with Crippen LogP contribution in [-0.4, -0.2) is 29.0 Å². The molecule has 0 aliphatic heterocycles. The van der Waals surface area contributed by atoms with Crippen LogP contribution >= 0.6 is 0 Å². The molecule has 100 valence electrons. The number of urea groups is 1. The molecule has 5 nitrogen and oxygen atoms in total. The smallest absolute Gasteiger partial charge is 0.317 e. The Morgan fingerprint density at radius 2 is 1.94 bits per heavy atom. The molecule has 18 heavy (non-hydrogen) atoms. The quantitative estimate of drug-likeness (QED) is 0.852. The zero-order valence-corrected chi connectivity index (χ0v) is 11.5. The van der Waals surface area contributed by atoms with E-state index in [0.717, 1.165) is 11.3 Å². The van der Waals surface area contributed by atoms with Gasteiger partial charge in [-0.25, -0.2) is 4.79 Å². The summed E-state index contributed by atoms with van der Waals surface area (Å²) in [4.78, 5) is 28.0. The highest BCUT2D eigenvalue weighted by molar-refractivity contribution is 5.74. The molecule has 0 unspecified atom stereocenters. The zero-order valence-electron chi connectivity index (χ0n) is 11.5. The molecule has 1 rings (SSSR count). The van der Waals surface area contributed by atoms with Gasteiger partial charge in [0.2, 0.25) is 0 Å². The van der Waals surface area contributed by atoms with Crippen molar-refractivity contribution in [2.75, 3.05) is 13.1 Å². The van der Waals surface area contributed by atoms with Crippen LogP contribution in [0.1, 0.15) is 30.7 Å². The number of H-pyrrole nitrogens is 1. The maximum atomic E-state index is 11.8. The first-order chi connectivity index (χ1) is 8.49. The van der Waals surface area contributed by atoms with Crippen molar-refractivity contribution in [2.45, 2.75) is 34.2 Å². The van der Waals surface area contributed by atoms with Crippen molar-refractivity contribution in [3.05, 3.63) is 33.2 Å². The molecule has 0 radical (unpaired) electrons. The van der Waals surface area contributed by atoms with Crippen molar-refractivity contribution >= 4 is 6.03 Å². The molecular formula is C13H21N3O2. The molecule has 0 aromatic carbocycles. The van der Waals surface area contributed by atoms with Crippen molar-refractivity contribution < 1.29 is 4.79 Å². The normalized spacial score (nSPS) is 10.2. The molecule has 2 N–H and O–H groups in total. The Kier molecular flexibility index (Phi) is 4.95. The fourth-order valence-electron chi connectivity index (χ4n) is 1.89. The summed E-state index contributed by atoms with van der Waals surface area (Å²) in [7, 11) is 0. The molecule has 2 amide bonds. The summed E-state index contributed by atoms with van der Waals surface area (Å²) in [5, 5.41) is 2.77. The van der Waals surface area contributed by atoms with Crippen LogP contribution in [0.4, 0.5) is 4.79 Å². The van der Waals surface area contributed by atoms with Gasteiger partial charge in [-0.15, -0.1) is 0 Å². The van der Waals surface area contributed by atoms with Gasteiger partial charge < -0.3 is 15.2 Å². The van der Waals surface area contributed by atoms with Crippen LogP contribution in [0.2, 0.25) is 0 Å². The molecule has 5 heteroatoms. The van der Waals surface area contributed by atoms with Gasteiger partial charge >= 0.3 is 6.03 Å². The van der Waals surface area contributed by atoms with Gasteiger partial charge in [0.15, 0.2) is 0 Å². The molecule has 0 saturated heterocycles. The molecule has 0 aliphatic rings. The average Bonchev–Trinajstić information content (AvgIpc) is 2.29. The van der Waals surface area contributed by atoms with E-state index in [9.17, 15) is 9.59 Å². The Hall–Kier alpha value is -1.78. The van der Waals surface area contributed by atoms with Gasteiger partial charge in [0.25, 0.3) is 5.56 Å². The molecule has 1 aromatic heterocycles. The van der Waals surface area contributed by atoms with E-state index in [1.54, 1.807) is 4.90 Å². The first-order valence-electron chi connectivity index (χ1n) is 6.21. The number of carbonyl (C=O) groups excluding carboxylic acids is 1. The van der Waals surface area contributed by atoms with Crippen molar-refractivity contribution in [1.82, 2.24) is 15.2 Å². The van der Waals surface area contributed by atoms with E-state index in [2.05, 4.69) is 10.3 Å². The van der Waals surface area contributed by atoms with Crippen molar-refractivity contribution in [3.63, 3.8) is 0 Å². The zero-order chi connectivity index (χ0) is 13.7. The van der Waals surface area contributed by atoms with Crippen LogP contribution in [0.5, 0.6) is 0 Å². The van der Waals surface area contributed by atoms with E-state index in [-0.39, 0.29) is 18.1 Å². The van der Waals surface area contributed by atoms with Crippen molar-refractivity contribution in [3.8, 4) is 0 Å². The summed E-state index contributed by atoms with van der Waals surface area (Å²) in [5.74, 6) is 0. The average molecular weight is 251 g/mol. The summed E-state index contributed by atoms with van der Waals surface area (Å²) in [6, 6.07) is 1.76. The van der Waals surface area contributed by atoms with E-state index in [0.29, 0.717) is 18.7 Å². The van der Waals surface area contributed by atoms with Gasteiger partial charge in [-0.05, 0) is 39.3 Å². The van der Waals surface area contributed by atoms with E-state index >= 15 is 0 Å². The van der Waals surface area contributed by atoms with Gasteiger partial charge in [-0.2, -0.15) is 0 Å². The number of pyridine rings is 1. The predicted molar refractivity (Wildman–Crippen MR) is 71.7 cm³/mol. The minimum absolute atomic E-state index is 0.132. The van der Waals surface area contributed by atoms with Crippen LogP contribution in [0.25, 0.3) is 0 Å². The first-order valence-corrected chi connectivity index (χ1v) is 6.21. The van der Waals surface area contributed by atoms with Gasteiger partial charge in [0.1, 0.15) is 0 Å². The lowest BCUT2D eigenvalue weighted by Crippen LogP contribution is -2.40. The SMILES string of the molecule is CCN(CC)C(=O)NCc1c(C)cc(C)[nH]c1=O. The highest BCUT2D eigenvalue weighted by atomic mass is 16.2. The minimum atomic E-state index is -0.139. The Labute approximate surface area is 107 Å². The highest BCUT2D eigenvalue weighted by Crippen LogP contribution is 2.03. The number of carbonyl (C=O) groups is 1. The number of aromatic amines is 1. The van der Waals surface area contributed by atoms with E-state index in [1.165, 1.54) is 0 Å². The Balaban J connectivity index is 2.75. The topological polar surface area (TPSA) is 65.2 Å². The third-order valence-electron chi connectivity index (χ3n) is 2.96. The monoisotopic (exact) mass is 251 g/mol. The fourth-order valence-corrected chi connectivity index (χ4v) is 1.89. The van der Waals surface area contributed by atoms with E-state index in [4.69, 9.17) is 0 Å². The first kappa shape index (κ1) is 14.3. The van der Waals surface area contributed by atoms with Gasteiger partial charge in [0, 0.05) is 24.3 Å². The molecular weight excluding hydrogens is 230 g/mol. The lowest BCUT2D eigenvalue weighted by molar-refractivity contribution is 0.203. The number of aromatic nitrogens is 1. The number of amides is 2. The number of rotatable bonds is 4.